The normalized spacial score (nSPS) is 11.5. The summed E-state index contributed by atoms with van der Waals surface area (Å²) in [5.41, 5.74) is 5.75. The van der Waals surface area contributed by atoms with Crippen molar-refractivity contribution in [2.75, 3.05) is 36.0 Å². The first kappa shape index (κ1) is 57.2. The van der Waals surface area contributed by atoms with E-state index < -0.39 is 0 Å². The fourth-order valence-corrected chi connectivity index (χ4v) is 9.79. The minimum Gasteiger partial charge on any atom is -0.372 e. The van der Waals surface area contributed by atoms with Crippen molar-refractivity contribution in [3.8, 4) is 0 Å². The molecular formula is C61H110N2. The smallest absolute Gasteiger partial charge is 0.0366 e. The second kappa shape index (κ2) is 43.9. The number of anilines is 2. The van der Waals surface area contributed by atoms with Crippen molar-refractivity contribution in [2.45, 2.75) is 291 Å². The zero-order valence-corrected chi connectivity index (χ0v) is 43.3. The van der Waals surface area contributed by atoms with Crippen LogP contribution in [-0.4, -0.2) is 26.2 Å². The molecule has 63 heavy (non-hydrogen) atoms. The van der Waals surface area contributed by atoms with Gasteiger partial charge in [-0.2, -0.15) is 0 Å². The SMILES string of the molecule is CCCCCCCCCCCCCCCCN(CCCCCCCC)c1ccc(Cc2ccc(N(CCCCCCCC)CCCCCCCCCCCCCCCC)cc2)cc1. The zero-order chi connectivity index (χ0) is 44.9. The highest BCUT2D eigenvalue weighted by Gasteiger charge is 2.10. The van der Waals surface area contributed by atoms with E-state index in [-0.39, 0.29) is 0 Å². The molecule has 0 atom stereocenters. The molecule has 0 aromatic heterocycles. The van der Waals surface area contributed by atoms with Crippen LogP contribution in [0, 0.1) is 0 Å². The summed E-state index contributed by atoms with van der Waals surface area (Å²) >= 11 is 0. The summed E-state index contributed by atoms with van der Waals surface area (Å²) in [5.74, 6) is 0. The maximum absolute atomic E-state index is 2.72. The predicted octanol–water partition coefficient (Wildman–Crippen LogP) is 20.6. The van der Waals surface area contributed by atoms with Crippen molar-refractivity contribution in [1.29, 1.82) is 0 Å². The van der Waals surface area contributed by atoms with Crippen LogP contribution in [0.1, 0.15) is 296 Å². The molecule has 0 aliphatic carbocycles. The van der Waals surface area contributed by atoms with Crippen LogP contribution in [0.25, 0.3) is 0 Å². The summed E-state index contributed by atoms with van der Waals surface area (Å²) in [6, 6.07) is 19.4. The van der Waals surface area contributed by atoms with Gasteiger partial charge < -0.3 is 9.80 Å². The van der Waals surface area contributed by atoms with Gasteiger partial charge in [-0.15, -0.1) is 0 Å². The van der Waals surface area contributed by atoms with E-state index in [9.17, 15) is 0 Å². The lowest BCUT2D eigenvalue weighted by atomic mass is 10.0. The van der Waals surface area contributed by atoms with Gasteiger partial charge in [-0.3, -0.25) is 0 Å². The molecule has 0 bridgehead atoms. The van der Waals surface area contributed by atoms with Crippen LogP contribution >= 0.6 is 0 Å². The molecule has 364 valence electrons. The molecule has 0 spiro atoms. The molecule has 0 unspecified atom stereocenters. The Kier molecular flexibility index (Phi) is 39.8. The number of hydrogen-bond donors (Lipinski definition) is 0. The molecule has 0 heterocycles. The van der Waals surface area contributed by atoms with E-state index in [2.05, 4.69) is 86.0 Å². The van der Waals surface area contributed by atoms with Crippen LogP contribution in [0.2, 0.25) is 0 Å². The topological polar surface area (TPSA) is 6.48 Å². The Morgan fingerprint density at radius 3 is 0.587 bits per heavy atom. The molecule has 0 radical (unpaired) electrons. The number of rotatable bonds is 48. The third-order valence-corrected chi connectivity index (χ3v) is 14.1. The number of hydrogen-bond acceptors (Lipinski definition) is 2. The van der Waals surface area contributed by atoms with Crippen LogP contribution in [0.5, 0.6) is 0 Å². The molecule has 0 aliphatic rings. The van der Waals surface area contributed by atoms with E-state index in [4.69, 9.17) is 0 Å². The van der Waals surface area contributed by atoms with Gasteiger partial charge in [-0.1, -0.05) is 283 Å². The highest BCUT2D eigenvalue weighted by molar-refractivity contribution is 5.50. The average molecular weight is 872 g/mol. The Balaban J connectivity index is 1.81. The first-order chi connectivity index (χ1) is 31.2. The van der Waals surface area contributed by atoms with Gasteiger partial charge in [-0.05, 0) is 67.5 Å². The van der Waals surface area contributed by atoms with E-state index in [1.54, 1.807) is 0 Å². The molecule has 0 fully saturated rings. The van der Waals surface area contributed by atoms with Crippen molar-refractivity contribution < 1.29 is 0 Å². The van der Waals surface area contributed by atoms with E-state index in [1.807, 2.05) is 0 Å². The van der Waals surface area contributed by atoms with E-state index in [1.165, 1.54) is 306 Å². The van der Waals surface area contributed by atoms with Gasteiger partial charge in [0.2, 0.25) is 0 Å². The third kappa shape index (κ3) is 33.2. The molecule has 2 aromatic rings. The number of nitrogens with zero attached hydrogens (tertiary/aromatic N) is 2. The maximum atomic E-state index is 2.72. The van der Waals surface area contributed by atoms with Crippen LogP contribution in [-0.2, 0) is 6.42 Å². The number of benzene rings is 2. The Morgan fingerprint density at radius 2 is 0.397 bits per heavy atom. The average Bonchev–Trinajstić information content (AvgIpc) is 3.30. The molecule has 2 aromatic carbocycles. The van der Waals surface area contributed by atoms with Crippen LogP contribution in [0.4, 0.5) is 11.4 Å². The molecule has 0 saturated carbocycles. The minimum atomic E-state index is 1.02. The summed E-state index contributed by atoms with van der Waals surface area (Å²) < 4.78 is 0. The molecule has 2 nitrogen and oxygen atoms in total. The Labute approximate surface area is 396 Å². The van der Waals surface area contributed by atoms with Crippen molar-refractivity contribution in [3.05, 3.63) is 59.7 Å². The van der Waals surface area contributed by atoms with Crippen LogP contribution < -0.4 is 9.80 Å². The van der Waals surface area contributed by atoms with E-state index in [0.29, 0.717) is 0 Å². The summed E-state index contributed by atoms with van der Waals surface area (Å²) in [6.07, 6.45) is 57.5. The quantitative estimate of drug-likeness (QED) is 0.0611. The first-order valence-corrected chi connectivity index (χ1v) is 28.9. The van der Waals surface area contributed by atoms with E-state index in [0.717, 1.165) is 6.42 Å². The molecule has 0 amide bonds. The zero-order valence-electron chi connectivity index (χ0n) is 43.3. The lowest BCUT2D eigenvalue weighted by Gasteiger charge is -2.26. The summed E-state index contributed by atoms with van der Waals surface area (Å²) in [4.78, 5) is 5.44. The van der Waals surface area contributed by atoms with Gasteiger partial charge >= 0.3 is 0 Å². The van der Waals surface area contributed by atoms with Gasteiger partial charge in [0, 0.05) is 37.6 Å². The first-order valence-electron chi connectivity index (χ1n) is 28.9. The van der Waals surface area contributed by atoms with Gasteiger partial charge in [0.05, 0.1) is 0 Å². The monoisotopic (exact) mass is 871 g/mol. The largest absolute Gasteiger partial charge is 0.372 e. The fraction of sp³-hybridized carbons (Fsp3) is 0.803. The van der Waals surface area contributed by atoms with Crippen molar-refractivity contribution in [3.63, 3.8) is 0 Å². The maximum Gasteiger partial charge on any atom is 0.0366 e. The third-order valence-electron chi connectivity index (χ3n) is 14.1. The lowest BCUT2D eigenvalue weighted by molar-refractivity contribution is 0.533. The summed E-state index contributed by atoms with van der Waals surface area (Å²) in [5, 5.41) is 0. The van der Waals surface area contributed by atoms with Gasteiger partial charge in [0.1, 0.15) is 0 Å². The second-order valence-corrected chi connectivity index (χ2v) is 20.2. The molecule has 0 aliphatic heterocycles. The van der Waals surface area contributed by atoms with Crippen molar-refractivity contribution >= 4 is 11.4 Å². The van der Waals surface area contributed by atoms with Gasteiger partial charge in [-0.25, -0.2) is 0 Å². The van der Waals surface area contributed by atoms with Crippen molar-refractivity contribution in [2.24, 2.45) is 0 Å². The highest BCUT2D eigenvalue weighted by Crippen LogP contribution is 2.23. The predicted molar refractivity (Wildman–Crippen MR) is 287 cm³/mol. The Morgan fingerprint density at radius 1 is 0.222 bits per heavy atom. The summed E-state index contributed by atoms with van der Waals surface area (Å²) in [6.45, 7) is 14.1. The minimum absolute atomic E-state index is 1.02. The molecule has 0 N–H and O–H groups in total. The fourth-order valence-electron chi connectivity index (χ4n) is 9.79. The standard InChI is InChI=1S/C61H110N2/c1-5-9-13-17-21-23-25-27-29-31-33-35-39-43-55-62(53-41-37-19-15-11-7-3)60-49-45-58(46-50-60)57-59-47-51-61(52-48-59)63(54-42-38-20-16-12-8-4)56-44-40-36-34-32-30-28-26-24-22-18-14-10-6-2/h45-52H,5-44,53-57H2,1-4H3. The Bertz CT molecular complexity index is 1090. The highest BCUT2D eigenvalue weighted by atomic mass is 15.1. The summed E-state index contributed by atoms with van der Waals surface area (Å²) in [7, 11) is 0. The second-order valence-electron chi connectivity index (χ2n) is 20.2. The van der Waals surface area contributed by atoms with Crippen LogP contribution in [0.15, 0.2) is 48.5 Å². The Hall–Kier alpha value is -1.96. The van der Waals surface area contributed by atoms with Crippen molar-refractivity contribution in [1.82, 2.24) is 0 Å². The molecule has 2 rings (SSSR count). The van der Waals surface area contributed by atoms with Gasteiger partial charge in [0.15, 0.2) is 0 Å². The molecular weight excluding hydrogens is 761 g/mol. The van der Waals surface area contributed by atoms with Crippen LogP contribution in [0.3, 0.4) is 0 Å². The van der Waals surface area contributed by atoms with E-state index >= 15 is 0 Å². The molecule has 2 heteroatoms. The lowest BCUT2D eigenvalue weighted by Crippen LogP contribution is -2.25. The molecule has 0 saturated heterocycles. The van der Waals surface area contributed by atoms with Gasteiger partial charge in [0.25, 0.3) is 0 Å². The number of unbranched alkanes of at least 4 members (excludes halogenated alkanes) is 36.